The third kappa shape index (κ3) is 5.16. The van der Waals surface area contributed by atoms with Gasteiger partial charge in [0.15, 0.2) is 11.5 Å². The maximum atomic E-state index is 12.5. The molecule has 1 saturated heterocycles. The summed E-state index contributed by atoms with van der Waals surface area (Å²) in [5.41, 5.74) is 2.78. The Morgan fingerprint density at radius 1 is 1.11 bits per heavy atom. The number of rotatable bonds is 7. The largest absolute Gasteiger partial charge is 0.493 e. The molecule has 2 aromatic rings. The summed E-state index contributed by atoms with van der Waals surface area (Å²) in [7, 11) is 1.57. The van der Waals surface area contributed by atoms with Crippen molar-refractivity contribution in [1.82, 2.24) is 5.32 Å². The van der Waals surface area contributed by atoms with E-state index in [0.717, 1.165) is 31.9 Å². The minimum Gasteiger partial charge on any atom is -0.493 e. The first kappa shape index (κ1) is 20.0. The molecule has 0 aliphatic carbocycles. The Morgan fingerprint density at radius 2 is 1.82 bits per heavy atom. The van der Waals surface area contributed by atoms with Crippen LogP contribution in [0.4, 0.5) is 5.69 Å². The summed E-state index contributed by atoms with van der Waals surface area (Å²) in [6.45, 7) is 7.72. The molecule has 0 aromatic heterocycles. The average Bonchev–Trinajstić information content (AvgIpc) is 2.73. The highest BCUT2D eigenvalue weighted by atomic mass is 16.5. The number of nitrogens with one attached hydrogen (secondary N) is 1. The maximum Gasteiger partial charge on any atom is 0.251 e. The highest BCUT2D eigenvalue weighted by molar-refractivity contribution is 5.94. The minimum atomic E-state index is -0.147. The van der Waals surface area contributed by atoms with E-state index in [1.807, 2.05) is 26.0 Å². The van der Waals surface area contributed by atoms with Gasteiger partial charge >= 0.3 is 0 Å². The second kappa shape index (κ2) is 9.46. The van der Waals surface area contributed by atoms with E-state index in [9.17, 15) is 4.79 Å². The van der Waals surface area contributed by atoms with E-state index in [4.69, 9.17) is 14.2 Å². The molecule has 6 nitrogen and oxygen atoms in total. The van der Waals surface area contributed by atoms with Crippen LogP contribution in [0.25, 0.3) is 0 Å². The van der Waals surface area contributed by atoms with Crippen molar-refractivity contribution in [2.45, 2.75) is 26.5 Å². The molecule has 6 heteroatoms. The van der Waals surface area contributed by atoms with Crippen LogP contribution >= 0.6 is 0 Å². The molecule has 1 aliphatic heterocycles. The highest BCUT2D eigenvalue weighted by Gasteiger charge is 2.13. The number of carbonyl (C=O) groups is 1. The summed E-state index contributed by atoms with van der Waals surface area (Å²) in [4.78, 5) is 14.8. The lowest BCUT2D eigenvalue weighted by Crippen LogP contribution is -2.36. The summed E-state index contributed by atoms with van der Waals surface area (Å²) in [5.74, 6) is 1.04. The Balaban J connectivity index is 1.59. The lowest BCUT2D eigenvalue weighted by Gasteiger charge is -2.28. The van der Waals surface area contributed by atoms with Gasteiger partial charge in [0.05, 0.1) is 26.4 Å². The zero-order valence-corrected chi connectivity index (χ0v) is 16.7. The highest BCUT2D eigenvalue weighted by Crippen LogP contribution is 2.29. The number of amides is 1. The Bertz CT molecular complexity index is 784. The van der Waals surface area contributed by atoms with E-state index >= 15 is 0 Å². The monoisotopic (exact) mass is 384 g/mol. The minimum absolute atomic E-state index is 0.0361. The van der Waals surface area contributed by atoms with E-state index in [0.29, 0.717) is 23.6 Å². The summed E-state index contributed by atoms with van der Waals surface area (Å²) in [6, 6.07) is 13.5. The molecule has 1 N–H and O–H groups in total. The van der Waals surface area contributed by atoms with Gasteiger partial charge in [-0.05, 0) is 49.7 Å². The van der Waals surface area contributed by atoms with Crippen molar-refractivity contribution in [2.24, 2.45) is 0 Å². The molecule has 1 fully saturated rings. The first-order valence-corrected chi connectivity index (χ1v) is 9.61. The maximum absolute atomic E-state index is 12.5. The molecule has 0 saturated carbocycles. The van der Waals surface area contributed by atoms with Crippen LogP contribution in [0.2, 0.25) is 0 Å². The van der Waals surface area contributed by atoms with Gasteiger partial charge in [-0.3, -0.25) is 4.79 Å². The van der Waals surface area contributed by atoms with Crippen molar-refractivity contribution in [1.29, 1.82) is 0 Å². The SMILES string of the molecule is COc1cc(C(=O)NCc2ccc(N3CCOCC3)cc2)ccc1OC(C)C. The second-order valence-corrected chi connectivity index (χ2v) is 6.98. The van der Waals surface area contributed by atoms with Crippen LogP contribution in [0.5, 0.6) is 11.5 Å². The Kier molecular flexibility index (Phi) is 6.76. The van der Waals surface area contributed by atoms with E-state index < -0.39 is 0 Å². The van der Waals surface area contributed by atoms with Crippen LogP contribution in [0.1, 0.15) is 29.8 Å². The first-order chi connectivity index (χ1) is 13.6. The summed E-state index contributed by atoms with van der Waals surface area (Å²) in [5, 5.41) is 2.96. The van der Waals surface area contributed by atoms with Crippen LogP contribution in [0, 0.1) is 0 Å². The molecule has 1 amide bonds. The number of hydrogen-bond donors (Lipinski definition) is 1. The Hall–Kier alpha value is -2.73. The summed E-state index contributed by atoms with van der Waals surface area (Å²) < 4.78 is 16.4. The number of benzene rings is 2. The number of anilines is 1. The van der Waals surface area contributed by atoms with Crippen LogP contribution in [-0.4, -0.2) is 45.4 Å². The fraction of sp³-hybridized carbons (Fsp3) is 0.409. The predicted molar refractivity (Wildman–Crippen MR) is 109 cm³/mol. The summed E-state index contributed by atoms with van der Waals surface area (Å²) in [6.07, 6.45) is 0.0361. The number of hydrogen-bond acceptors (Lipinski definition) is 5. The zero-order chi connectivity index (χ0) is 19.9. The van der Waals surface area contributed by atoms with Gasteiger partial charge in [-0.1, -0.05) is 12.1 Å². The van der Waals surface area contributed by atoms with Gasteiger partial charge in [0.25, 0.3) is 5.91 Å². The van der Waals surface area contributed by atoms with Crippen molar-refractivity contribution < 1.29 is 19.0 Å². The first-order valence-electron chi connectivity index (χ1n) is 9.61. The third-order valence-electron chi connectivity index (χ3n) is 4.55. The van der Waals surface area contributed by atoms with Crippen molar-refractivity contribution in [3.05, 3.63) is 53.6 Å². The lowest BCUT2D eigenvalue weighted by atomic mass is 10.1. The number of morpholine rings is 1. The van der Waals surface area contributed by atoms with Gasteiger partial charge in [-0.15, -0.1) is 0 Å². The summed E-state index contributed by atoms with van der Waals surface area (Å²) >= 11 is 0. The molecular weight excluding hydrogens is 356 g/mol. The second-order valence-electron chi connectivity index (χ2n) is 6.98. The molecule has 150 valence electrons. The van der Waals surface area contributed by atoms with Crippen molar-refractivity contribution in [3.8, 4) is 11.5 Å². The van der Waals surface area contributed by atoms with Gasteiger partial charge in [0.1, 0.15) is 0 Å². The molecule has 28 heavy (non-hydrogen) atoms. The molecule has 0 atom stereocenters. The Labute approximate surface area is 166 Å². The van der Waals surface area contributed by atoms with Gasteiger partial charge in [-0.2, -0.15) is 0 Å². The molecule has 0 bridgehead atoms. The van der Waals surface area contributed by atoms with Crippen molar-refractivity contribution in [3.63, 3.8) is 0 Å². The predicted octanol–water partition coefficient (Wildman–Crippen LogP) is 3.25. The average molecular weight is 384 g/mol. The number of methoxy groups -OCH3 is 1. The lowest BCUT2D eigenvalue weighted by molar-refractivity contribution is 0.0950. The van der Waals surface area contributed by atoms with Gasteiger partial charge in [0.2, 0.25) is 0 Å². The van der Waals surface area contributed by atoms with E-state index in [-0.39, 0.29) is 12.0 Å². The van der Waals surface area contributed by atoms with Crippen molar-refractivity contribution in [2.75, 3.05) is 38.3 Å². The normalized spacial score (nSPS) is 14.1. The number of ether oxygens (including phenoxy) is 3. The molecule has 0 unspecified atom stereocenters. The molecular formula is C22H28N2O4. The van der Waals surface area contributed by atoms with Crippen LogP contribution in [-0.2, 0) is 11.3 Å². The molecule has 1 heterocycles. The number of nitrogens with zero attached hydrogens (tertiary/aromatic N) is 1. The van der Waals surface area contributed by atoms with E-state index in [1.165, 1.54) is 5.69 Å². The molecule has 2 aromatic carbocycles. The third-order valence-corrected chi connectivity index (χ3v) is 4.55. The van der Waals surface area contributed by atoms with Crippen molar-refractivity contribution >= 4 is 11.6 Å². The van der Waals surface area contributed by atoms with Crippen LogP contribution in [0.15, 0.2) is 42.5 Å². The molecule has 0 radical (unpaired) electrons. The fourth-order valence-electron chi connectivity index (χ4n) is 3.09. The van der Waals surface area contributed by atoms with Crippen LogP contribution in [0.3, 0.4) is 0 Å². The molecule has 0 spiro atoms. The smallest absolute Gasteiger partial charge is 0.251 e. The van der Waals surface area contributed by atoms with E-state index in [1.54, 1.807) is 25.3 Å². The standard InChI is InChI=1S/C22H28N2O4/c1-16(2)28-20-9-6-18(14-21(20)26-3)22(25)23-15-17-4-7-19(8-5-17)24-10-12-27-13-11-24/h4-9,14,16H,10-13,15H2,1-3H3,(H,23,25). The van der Waals surface area contributed by atoms with E-state index in [2.05, 4.69) is 22.3 Å². The number of carbonyl (C=O) groups excluding carboxylic acids is 1. The van der Waals surface area contributed by atoms with Gasteiger partial charge in [-0.25, -0.2) is 0 Å². The fourth-order valence-corrected chi connectivity index (χ4v) is 3.09. The van der Waals surface area contributed by atoms with Gasteiger partial charge < -0.3 is 24.4 Å². The quantitative estimate of drug-likeness (QED) is 0.794. The molecule has 3 rings (SSSR count). The molecule has 1 aliphatic rings. The zero-order valence-electron chi connectivity index (χ0n) is 16.7. The topological polar surface area (TPSA) is 60.0 Å². The van der Waals surface area contributed by atoms with Crippen LogP contribution < -0.4 is 19.7 Å². The van der Waals surface area contributed by atoms with Gasteiger partial charge in [0, 0.05) is 30.9 Å². The Morgan fingerprint density at radius 3 is 2.46 bits per heavy atom.